The zero-order valence-corrected chi connectivity index (χ0v) is 20.5. The Labute approximate surface area is 205 Å². The number of hydrogen-bond donors (Lipinski definition) is 2. The molecular formula is C26H32N2O7. The highest BCUT2D eigenvalue weighted by atomic mass is 16.5. The van der Waals surface area contributed by atoms with Gasteiger partial charge in [-0.2, -0.15) is 0 Å². The van der Waals surface area contributed by atoms with E-state index in [-0.39, 0.29) is 11.8 Å². The molecule has 0 atom stereocenters. The first-order valence-electron chi connectivity index (χ1n) is 11.5. The van der Waals surface area contributed by atoms with Crippen molar-refractivity contribution in [2.24, 2.45) is 5.92 Å². The zero-order chi connectivity index (χ0) is 25.8. The van der Waals surface area contributed by atoms with Gasteiger partial charge < -0.3 is 24.8 Å². The zero-order valence-electron chi connectivity index (χ0n) is 20.5. The smallest absolute Gasteiger partial charge is 0.325 e. The molecule has 0 aromatic heterocycles. The maximum Gasteiger partial charge on any atom is 0.325 e. The van der Waals surface area contributed by atoms with E-state index < -0.39 is 30.8 Å². The molecule has 0 aliphatic heterocycles. The van der Waals surface area contributed by atoms with Crippen LogP contribution in [0.25, 0.3) is 0 Å². The van der Waals surface area contributed by atoms with Crippen LogP contribution in [0.15, 0.2) is 42.5 Å². The third-order valence-electron chi connectivity index (χ3n) is 4.65. The minimum Gasteiger partial charge on any atom is -0.490 e. The normalized spacial score (nSPS) is 10.4. The Hall–Kier alpha value is -3.88. The van der Waals surface area contributed by atoms with Crippen LogP contribution in [0.2, 0.25) is 0 Å². The van der Waals surface area contributed by atoms with Gasteiger partial charge in [-0.3, -0.25) is 19.2 Å². The van der Waals surface area contributed by atoms with E-state index in [4.69, 9.17) is 14.2 Å². The Morgan fingerprint density at radius 2 is 1.49 bits per heavy atom. The molecule has 0 unspecified atom stereocenters. The van der Waals surface area contributed by atoms with Crippen molar-refractivity contribution in [3.63, 3.8) is 0 Å². The lowest BCUT2D eigenvalue weighted by Gasteiger charge is -2.12. The van der Waals surface area contributed by atoms with E-state index in [1.165, 1.54) is 6.07 Å². The van der Waals surface area contributed by atoms with Gasteiger partial charge in [0.2, 0.25) is 5.91 Å². The van der Waals surface area contributed by atoms with Gasteiger partial charge in [0.15, 0.2) is 23.9 Å². The van der Waals surface area contributed by atoms with Gasteiger partial charge in [0.05, 0.1) is 13.2 Å². The summed E-state index contributed by atoms with van der Waals surface area (Å²) in [4.78, 5) is 48.5. The molecule has 35 heavy (non-hydrogen) atoms. The second-order valence-corrected chi connectivity index (χ2v) is 8.02. The lowest BCUT2D eigenvalue weighted by atomic mass is 10.1. The maximum absolute atomic E-state index is 12.4. The topological polar surface area (TPSA) is 120 Å². The summed E-state index contributed by atoms with van der Waals surface area (Å²) in [6.45, 7) is 7.56. The Bertz CT molecular complexity index is 1030. The van der Waals surface area contributed by atoms with Gasteiger partial charge in [0.25, 0.3) is 5.91 Å². The number of amides is 2. The van der Waals surface area contributed by atoms with Crippen molar-refractivity contribution < 1.29 is 33.4 Å². The quantitative estimate of drug-likeness (QED) is 0.329. The van der Waals surface area contributed by atoms with Crippen molar-refractivity contribution in [1.29, 1.82) is 0 Å². The molecule has 0 aliphatic rings. The number of ketones is 1. The summed E-state index contributed by atoms with van der Waals surface area (Å²) >= 11 is 0. The van der Waals surface area contributed by atoms with Crippen LogP contribution in [0.1, 0.15) is 54.8 Å². The van der Waals surface area contributed by atoms with E-state index in [9.17, 15) is 19.2 Å². The average molecular weight is 485 g/mol. The highest BCUT2D eigenvalue weighted by Gasteiger charge is 2.15. The number of rotatable bonds is 13. The van der Waals surface area contributed by atoms with Crippen molar-refractivity contribution in [2.45, 2.75) is 34.1 Å². The minimum absolute atomic E-state index is 0.102. The molecule has 0 heterocycles. The molecule has 0 fully saturated rings. The highest BCUT2D eigenvalue weighted by molar-refractivity contribution is 5.99. The van der Waals surface area contributed by atoms with Gasteiger partial charge in [0.1, 0.15) is 6.54 Å². The number of esters is 1. The van der Waals surface area contributed by atoms with Crippen molar-refractivity contribution in [1.82, 2.24) is 5.32 Å². The summed E-state index contributed by atoms with van der Waals surface area (Å²) in [5.74, 6) is -0.557. The molecule has 9 nitrogen and oxygen atoms in total. The van der Waals surface area contributed by atoms with Crippen LogP contribution in [0.3, 0.4) is 0 Å². The van der Waals surface area contributed by atoms with Crippen LogP contribution in [0, 0.1) is 5.92 Å². The van der Waals surface area contributed by atoms with Gasteiger partial charge >= 0.3 is 5.97 Å². The van der Waals surface area contributed by atoms with Crippen molar-refractivity contribution in [2.75, 3.05) is 31.7 Å². The molecule has 188 valence electrons. The predicted octanol–water partition coefficient (Wildman–Crippen LogP) is 3.62. The first-order valence-corrected chi connectivity index (χ1v) is 11.5. The second-order valence-electron chi connectivity index (χ2n) is 8.02. The molecule has 0 saturated carbocycles. The molecule has 2 aromatic carbocycles. The summed E-state index contributed by atoms with van der Waals surface area (Å²) in [5.41, 5.74) is 1.21. The standard InChI is InChI=1S/C26H32N2O7/c1-5-33-22-12-9-19(14-23(22)34-6-2)26(32)27-15-25(31)35-16-21(29)18-7-10-20(11-8-18)28-24(30)13-17(3)4/h7-12,14,17H,5-6,13,15-16H2,1-4H3,(H,27,32)(H,28,30). The number of ether oxygens (including phenoxy) is 3. The van der Waals surface area contributed by atoms with Crippen LogP contribution in [-0.2, 0) is 14.3 Å². The SMILES string of the molecule is CCOc1ccc(C(=O)NCC(=O)OCC(=O)c2ccc(NC(=O)CC(C)C)cc2)cc1OCC. The van der Waals surface area contributed by atoms with Crippen molar-refractivity contribution >= 4 is 29.3 Å². The number of carbonyl (C=O) groups is 4. The number of benzene rings is 2. The largest absolute Gasteiger partial charge is 0.490 e. The van der Waals surface area contributed by atoms with Gasteiger partial charge in [-0.05, 0) is 62.2 Å². The summed E-state index contributed by atoms with van der Waals surface area (Å²) < 4.78 is 15.9. The molecule has 0 bridgehead atoms. The molecule has 0 radical (unpaired) electrons. The van der Waals surface area contributed by atoms with E-state index in [0.29, 0.717) is 47.9 Å². The monoisotopic (exact) mass is 484 g/mol. The maximum atomic E-state index is 12.4. The highest BCUT2D eigenvalue weighted by Crippen LogP contribution is 2.28. The molecule has 0 aliphatic carbocycles. The number of hydrogen-bond acceptors (Lipinski definition) is 7. The van der Waals surface area contributed by atoms with Crippen LogP contribution in [-0.4, -0.2) is 49.9 Å². The third kappa shape index (κ3) is 9.11. The van der Waals surface area contributed by atoms with Crippen LogP contribution in [0.5, 0.6) is 11.5 Å². The lowest BCUT2D eigenvalue weighted by Crippen LogP contribution is -2.31. The third-order valence-corrected chi connectivity index (χ3v) is 4.65. The Kier molecular flexibility index (Phi) is 10.7. The number of carbonyl (C=O) groups excluding carboxylic acids is 4. The molecule has 0 spiro atoms. The predicted molar refractivity (Wildman–Crippen MR) is 131 cm³/mol. The van der Waals surface area contributed by atoms with Crippen molar-refractivity contribution in [3.8, 4) is 11.5 Å². The van der Waals surface area contributed by atoms with Gasteiger partial charge in [-0.25, -0.2) is 0 Å². The molecular weight excluding hydrogens is 452 g/mol. The first-order chi connectivity index (χ1) is 16.7. The molecule has 9 heteroatoms. The molecule has 2 N–H and O–H groups in total. The van der Waals surface area contributed by atoms with Gasteiger partial charge in [-0.15, -0.1) is 0 Å². The van der Waals surface area contributed by atoms with Gasteiger partial charge in [-0.1, -0.05) is 13.8 Å². The average Bonchev–Trinajstić information content (AvgIpc) is 2.82. The van der Waals surface area contributed by atoms with Crippen LogP contribution < -0.4 is 20.1 Å². The van der Waals surface area contributed by atoms with E-state index in [1.54, 1.807) is 36.4 Å². The summed E-state index contributed by atoms with van der Waals surface area (Å²) in [6, 6.07) is 11.0. The number of Topliss-reactive ketones (excluding diaryl/α,β-unsaturated/α-hetero) is 1. The Morgan fingerprint density at radius 1 is 0.857 bits per heavy atom. The fraction of sp³-hybridized carbons (Fsp3) is 0.385. The number of nitrogens with one attached hydrogen (secondary N) is 2. The fourth-order valence-electron chi connectivity index (χ4n) is 3.05. The fourth-order valence-corrected chi connectivity index (χ4v) is 3.05. The molecule has 2 rings (SSSR count). The van der Waals surface area contributed by atoms with E-state index >= 15 is 0 Å². The molecule has 0 saturated heterocycles. The summed E-state index contributed by atoms with van der Waals surface area (Å²) in [7, 11) is 0. The minimum atomic E-state index is -0.750. The van der Waals surface area contributed by atoms with E-state index in [1.807, 2.05) is 27.7 Å². The Morgan fingerprint density at radius 3 is 2.11 bits per heavy atom. The lowest BCUT2D eigenvalue weighted by molar-refractivity contribution is -0.141. The second kappa shape index (κ2) is 13.7. The molecule has 2 aromatic rings. The molecule has 2 amide bonds. The summed E-state index contributed by atoms with van der Waals surface area (Å²) in [6.07, 6.45) is 0.402. The van der Waals surface area contributed by atoms with E-state index in [2.05, 4.69) is 10.6 Å². The van der Waals surface area contributed by atoms with Crippen LogP contribution >= 0.6 is 0 Å². The summed E-state index contributed by atoms with van der Waals surface area (Å²) in [5, 5.41) is 5.22. The van der Waals surface area contributed by atoms with E-state index in [0.717, 1.165) is 0 Å². The Balaban J connectivity index is 1.82. The first kappa shape index (κ1) is 27.4. The van der Waals surface area contributed by atoms with Crippen molar-refractivity contribution in [3.05, 3.63) is 53.6 Å². The van der Waals surface area contributed by atoms with Gasteiger partial charge in [0, 0.05) is 23.2 Å². The number of anilines is 1. The van der Waals surface area contributed by atoms with Crippen LogP contribution in [0.4, 0.5) is 5.69 Å².